The summed E-state index contributed by atoms with van der Waals surface area (Å²) in [7, 11) is 0. The van der Waals surface area contributed by atoms with Gasteiger partial charge >= 0.3 is 0 Å². The molecule has 5 nitrogen and oxygen atoms in total. The van der Waals surface area contributed by atoms with Gasteiger partial charge in [-0.05, 0) is 31.9 Å². The number of nitrogens with one attached hydrogen (secondary N) is 1. The van der Waals surface area contributed by atoms with Gasteiger partial charge in [0, 0.05) is 34.5 Å². The van der Waals surface area contributed by atoms with Crippen LogP contribution in [0.1, 0.15) is 22.9 Å². The molecule has 0 radical (unpaired) electrons. The van der Waals surface area contributed by atoms with Gasteiger partial charge in [0.1, 0.15) is 0 Å². The maximum atomic E-state index is 12.3. The fourth-order valence-electron chi connectivity index (χ4n) is 3.56. The van der Waals surface area contributed by atoms with E-state index in [9.17, 15) is 4.79 Å². The number of rotatable bonds is 8. The zero-order valence-electron chi connectivity index (χ0n) is 18.5. The van der Waals surface area contributed by atoms with Gasteiger partial charge in [-0.2, -0.15) is 0 Å². The highest BCUT2D eigenvalue weighted by molar-refractivity contribution is 7.99. The topological polar surface area (TPSA) is 59.8 Å². The van der Waals surface area contributed by atoms with Crippen LogP contribution in [0.3, 0.4) is 0 Å². The van der Waals surface area contributed by atoms with Crippen LogP contribution in [0.4, 0.5) is 0 Å². The first-order valence-electron chi connectivity index (χ1n) is 10.6. The molecule has 0 fully saturated rings. The highest BCUT2D eigenvalue weighted by Crippen LogP contribution is 2.39. The van der Waals surface area contributed by atoms with Crippen LogP contribution in [0.25, 0.3) is 22.5 Å². The molecule has 0 atom stereocenters. The summed E-state index contributed by atoms with van der Waals surface area (Å²) in [6.45, 7) is 7.58. The van der Waals surface area contributed by atoms with Gasteiger partial charge in [0.25, 0.3) is 0 Å². The lowest BCUT2D eigenvalue weighted by molar-refractivity contribution is -0.118. The lowest BCUT2D eigenvalue weighted by atomic mass is 10.0. The summed E-state index contributed by atoms with van der Waals surface area (Å²) in [6, 6.07) is 18.5. The van der Waals surface area contributed by atoms with E-state index in [1.54, 1.807) is 11.3 Å². The molecular formula is C25H26N4OS2. The molecule has 0 saturated carbocycles. The van der Waals surface area contributed by atoms with E-state index >= 15 is 0 Å². The predicted molar refractivity (Wildman–Crippen MR) is 133 cm³/mol. The Labute approximate surface area is 196 Å². The van der Waals surface area contributed by atoms with E-state index in [0.717, 1.165) is 28.7 Å². The van der Waals surface area contributed by atoms with Gasteiger partial charge in [0.15, 0.2) is 11.0 Å². The summed E-state index contributed by atoms with van der Waals surface area (Å²) < 4.78 is 2.09. The monoisotopic (exact) mass is 462 g/mol. The van der Waals surface area contributed by atoms with Crippen molar-refractivity contribution in [3.63, 3.8) is 0 Å². The van der Waals surface area contributed by atoms with Gasteiger partial charge in [-0.3, -0.25) is 4.79 Å². The first kappa shape index (κ1) is 22.3. The van der Waals surface area contributed by atoms with Crippen molar-refractivity contribution in [1.82, 2.24) is 20.1 Å². The van der Waals surface area contributed by atoms with Gasteiger partial charge in [0.05, 0.1) is 5.75 Å². The highest BCUT2D eigenvalue weighted by atomic mass is 32.2. The van der Waals surface area contributed by atoms with Crippen molar-refractivity contribution in [2.75, 3.05) is 5.75 Å². The minimum Gasteiger partial charge on any atom is -0.351 e. The molecule has 0 saturated heterocycles. The molecule has 1 amide bonds. The number of hydrogen-bond donors (Lipinski definition) is 1. The SMILES string of the molecule is CCn1c(SCC(=O)NCc2ccccc2)nnc1-c1csc(C)c1-c1ccc(C)cc1. The minimum atomic E-state index is -0.0159. The first-order chi connectivity index (χ1) is 15.6. The van der Waals surface area contributed by atoms with Gasteiger partial charge in [0.2, 0.25) is 5.91 Å². The van der Waals surface area contributed by atoms with Crippen LogP contribution in [0.5, 0.6) is 0 Å². The summed E-state index contributed by atoms with van der Waals surface area (Å²) in [5.41, 5.74) is 5.80. The fourth-order valence-corrected chi connectivity index (χ4v) is 5.25. The van der Waals surface area contributed by atoms with Gasteiger partial charge in [-0.15, -0.1) is 21.5 Å². The predicted octanol–water partition coefficient (Wildman–Crippen LogP) is 5.72. The molecule has 0 aliphatic carbocycles. The molecule has 32 heavy (non-hydrogen) atoms. The van der Waals surface area contributed by atoms with E-state index in [2.05, 4.69) is 70.5 Å². The number of carbonyl (C=O) groups excluding carboxylic acids is 1. The fraction of sp³-hybridized carbons (Fsp3) is 0.240. The Kier molecular flexibility index (Phi) is 7.07. The van der Waals surface area contributed by atoms with E-state index in [4.69, 9.17) is 0 Å². The van der Waals surface area contributed by atoms with Crippen LogP contribution < -0.4 is 5.32 Å². The first-order valence-corrected chi connectivity index (χ1v) is 12.5. The van der Waals surface area contributed by atoms with Gasteiger partial charge in [-0.1, -0.05) is 71.9 Å². The number of nitrogens with zero attached hydrogens (tertiary/aromatic N) is 3. The number of thioether (sulfide) groups is 1. The minimum absolute atomic E-state index is 0.0159. The van der Waals surface area contributed by atoms with Crippen molar-refractivity contribution in [3.8, 4) is 22.5 Å². The van der Waals surface area contributed by atoms with Crippen LogP contribution in [0.2, 0.25) is 0 Å². The standard InChI is InChI=1S/C25H26N4OS2/c1-4-29-24(21-15-31-18(3)23(21)20-12-10-17(2)11-13-20)27-28-25(29)32-16-22(30)26-14-19-8-6-5-7-9-19/h5-13,15H,4,14,16H2,1-3H3,(H,26,30). The van der Waals surface area contributed by atoms with Crippen molar-refractivity contribution >= 4 is 29.0 Å². The average molecular weight is 463 g/mol. The Hall–Kier alpha value is -2.90. The molecule has 4 rings (SSSR count). The Morgan fingerprint density at radius 3 is 2.53 bits per heavy atom. The molecule has 1 N–H and O–H groups in total. The van der Waals surface area contributed by atoms with Crippen molar-refractivity contribution in [1.29, 1.82) is 0 Å². The molecular weight excluding hydrogens is 436 g/mol. The van der Waals surface area contributed by atoms with E-state index in [1.165, 1.54) is 33.3 Å². The molecule has 2 heterocycles. The smallest absolute Gasteiger partial charge is 0.230 e. The maximum Gasteiger partial charge on any atom is 0.230 e. The molecule has 0 aliphatic heterocycles. The molecule has 0 bridgehead atoms. The van der Waals surface area contributed by atoms with E-state index in [-0.39, 0.29) is 5.91 Å². The second-order valence-corrected chi connectivity index (χ2v) is 9.57. The van der Waals surface area contributed by atoms with Crippen LogP contribution in [-0.2, 0) is 17.9 Å². The van der Waals surface area contributed by atoms with E-state index in [1.807, 2.05) is 30.3 Å². The molecule has 2 aromatic heterocycles. The number of aryl methyl sites for hydroxylation is 2. The third-order valence-corrected chi connectivity index (χ3v) is 7.13. The Bertz CT molecular complexity index is 1200. The maximum absolute atomic E-state index is 12.3. The van der Waals surface area contributed by atoms with Gasteiger partial charge in [-0.25, -0.2) is 0 Å². The normalized spacial score (nSPS) is 11.0. The summed E-state index contributed by atoms with van der Waals surface area (Å²) in [6.07, 6.45) is 0. The second-order valence-electron chi connectivity index (χ2n) is 7.55. The third-order valence-electron chi connectivity index (χ3n) is 5.25. The summed E-state index contributed by atoms with van der Waals surface area (Å²) in [5.74, 6) is 1.13. The lowest BCUT2D eigenvalue weighted by Gasteiger charge is -2.10. The number of amides is 1. The molecule has 4 aromatic rings. The lowest BCUT2D eigenvalue weighted by Crippen LogP contribution is -2.24. The third kappa shape index (κ3) is 4.95. The largest absolute Gasteiger partial charge is 0.351 e. The van der Waals surface area contributed by atoms with E-state index < -0.39 is 0 Å². The van der Waals surface area contributed by atoms with Crippen LogP contribution in [-0.4, -0.2) is 26.4 Å². The number of benzene rings is 2. The Balaban J connectivity index is 1.50. The van der Waals surface area contributed by atoms with E-state index in [0.29, 0.717) is 12.3 Å². The van der Waals surface area contributed by atoms with Crippen LogP contribution in [0, 0.1) is 13.8 Å². The number of carbonyl (C=O) groups is 1. The van der Waals surface area contributed by atoms with Crippen molar-refractivity contribution in [2.24, 2.45) is 0 Å². The number of hydrogen-bond acceptors (Lipinski definition) is 5. The average Bonchev–Trinajstić information content (AvgIpc) is 3.40. The Morgan fingerprint density at radius 2 is 1.81 bits per heavy atom. The van der Waals surface area contributed by atoms with Crippen molar-refractivity contribution in [3.05, 3.63) is 76.0 Å². The second kappa shape index (κ2) is 10.1. The van der Waals surface area contributed by atoms with Crippen molar-refractivity contribution in [2.45, 2.75) is 39.0 Å². The molecule has 2 aromatic carbocycles. The molecule has 164 valence electrons. The Morgan fingerprint density at radius 1 is 1.06 bits per heavy atom. The molecule has 0 unspecified atom stereocenters. The highest BCUT2D eigenvalue weighted by Gasteiger charge is 2.20. The molecule has 7 heteroatoms. The summed E-state index contributed by atoms with van der Waals surface area (Å²) >= 11 is 3.15. The van der Waals surface area contributed by atoms with Gasteiger partial charge < -0.3 is 9.88 Å². The number of thiophene rings is 1. The zero-order valence-corrected chi connectivity index (χ0v) is 20.1. The summed E-state index contributed by atoms with van der Waals surface area (Å²) in [5, 5.41) is 14.8. The molecule has 0 aliphatic rings. The van der Waals surface area contributed by atoms with Crippen LogP contribution in [0.15, 0.2) is 65.1 Å². The van der Waals surface area contributed by atoms with Crippen LogP contribution >= 0.6 is 23.1 Å². The number of aromatic nitrogens is 3. The zero-order chi connectivity index (χ0) is 22.5. The quantitative estimate of drug-likeness (QED) is 0.340. The van der Waals surface area contributed by atoms with Crippen molar-refractivity contribution < 1.29 is 4.79 Å². The molecule has 0 spiro atoms. The summed E-state index contributed by atoms with van der Waals surface area (Å²) in [4.78, 5) is 13.6.